The monoisotopic (exact) mass is 532 g/mol. The molecule has 0 spiro atoms. The summed E-state index contributed by atoms with van der Waals surface area (Å²) in [6.45, 7) is 0.734. The van der Waals surface area contributed by atoms with Crippen LogP contribution in [0.4, 0.5) is 24.7 Å². The number of benzene rings is 1. The molecule has 37 heavy (non-hydrogen) atoms. The summed E-state index contributed by atoms with van der Waals surface area (Å²) in [5.41, 5.74) is 13.5. The number of nitrogens with two attached hydrogens (primary N) is 2. The van der Waals surface area contributed by atoms with Crippen molar-refractivity contribution in [3.05, 3.63) is 59.5 Å². The number of hydrogen-bond acceptors (Lipinski definition) is 8. The van der Waals surface area contributed by atoms with Crippen LogP contribution in [-0.4, -0.2) is 60.8 Å². The quantitative estimate of drug-likeness (QED) is 0.345. The number of pyridine rings is 1. The van der Waals surface area contributed by atoms with Gasteiger partial charge in [0, 0.05) is 23.7 Å². The maximum atomic E-state index is 14.7. The van der Waals surface area contributed by atoms with Crippen molar-refractivity contribution >= 4 is 34.3 Å². The van der Waals surface area contributed by atoms with Gasteiger partial charge in [-0.2, -0.15) is 0 Å². The molecule has 1 saturated heterocycles. The highest BCUT2D eigenvalue weighted by Crippen LogP contribution is 2.34. The van der Waals surface area contributed by atoms with Crippen LogP contribution in [0.3, 0.4) is 0 Å². The summed E-state index contributed by atoms with van der Waals surface area (Å²) in [5.74, 6) is -0.307. The number of halogens is 4. The van der Waals surface area contributed by atoms with Crippen molar-refractivity contribution < 1.29 is 18.3 Å². The Morgan fingerprint density at radius 1 is 1.16 bits per heavy atom. The van der Waals surface area contributed by atoms with E-state index in [1.165, 1.54) is 18.5 Å². The first-order chi connectivity index (χ1) is 17.7. The summed E-state index contributed by atoms with van der Waals surface area (Å²) in [6, 6.07) is 6.02. The second kappa shape index (κ2) is 9.77. The number of alkyl halides is 2. The van der Waals surface area contributed by atoms with Crippen molar-refractivity contribution in [2.75, 3.05) is 23.7 Å². The van der Waals surface area contributed by atoms with Crippen molar-refractivity contribution in [3.63, 3.8) is 0 Å². The number of aromatic nitrogens is 5. The molecule has 0 bridgehead atoms. The SMILES string of the molecule is Nc1ncnc2c1ncn2Cc1cc(-c2ccc(Cl)cc2F)ncc1N1CCC[C@](N)([C@@H](O)C(F)F)C1. The lowest BCUT2D eigenvalue weighted by atomic mass is 9.84. The summed E-state index contributed by atoms with van der Waals surface area (Å²) in [4.78, 5) is 18.8. The smallest absolute Gasteiger partial charge is 0.265 e. The number of fused-ring (bicyclic) bond motifs is 1. The van der Waals surface area contributed by atoms with Crippen molar-refractivity contribution in [2.45, 2.75) is 37.5 Å². The van der Waals surface area contributed by atoms with Crippen LogP contribution >= 0.6 is 11.6 Å². The van der Waals surface area contributed by atoms with Crippen LogP contribution in [0.15, 0.2) is 43.1 Å². The number of nitrogen functional groups attached to an aromatic ring is 1. The number of anilines is 2. The van der Waals surface area contributed by atoms with Gasteiger partial charge >= 0.3 is 0 Å². The van der Waals surface area contributed by atoms with Crippen LogP contribution < -0.4 is 16.4 Å². The first-order valence-corrected chi connectivity index (χ1v) is 11.9. The van der Waals surface area contributed by atoms with E-state index >= 15 is 0 Å². The molecular weight excluding hydrogens is 509 g/mol. The van der Waals surface area contributed by atoms with E-state index in [0.717, 1.165) is 0 Å². The van der Waals surface area contributed by atoms with Gasteiger partial charge in [-0.25, -0.2) is 28.1 Å². The maximum Gasteiger partial charge on any atom is 0.265 e. The zero-order valence-corrected chi connectivity index (χ0v) is 20.3. The Hall–Kier alpha value is -3.48. The van der Waals surface area contributed by atoms with Crippen LogP contribution in [0.5, 0.6) is 0 Å². The van der Waals surface area contributed by atoms with Crippen molar-refractivity contribution in [1.29, 1.82) is 0 Å². The zero-order valence-electron chi connectivity index (χ0n) is 19.5. The molecule has 0 amide bonds. The molecule has 9 nitrogen and oxygen atoms in total. The zero-order chi connectivity index (χ0) is 26.3. The molecule has 2 atom stereocenters. The predicted octanol–water partition coefficient (Wildman–Crippen LogP) is 3.24. The molecule has 1 aliphatic heterocycles. The largest absolute Gasteiger partial charge is 0.385 e. The van der Waals surface area contributed by atoms with Gasteiger partial charge in [-0.05, 0) is 42.7 Å². The van der Waals surface area contributed by atoms with E-state index in [2.05, 4.69) is 19.9 Å². The molecule has 0 aliphatic carbocycles. The van der Waals surface area contributed by atoms with E-state index in [0.29, 0.717) is 41.1 Å². The molecule has 1 fully saturated rings. The molecule has 0 saturated carbocycles. The fourth-order valence-electron chi connectivity index (χ4n) is 4.75. The number of nitrogens with zero attached hydrogens (tertiary/aromatic N) is 6. The maximum absolute atomic E-state index is 14.7. The van der Waals surface area contributed by atoms with E-state index in [4.69, 9.17) is 23.1 Å². The number of piperidine rings is 1. The van der Waals surface area contributed by atoms with Crippen molar-refractivity contribution in [1.82, 2.24) is 24.5 Å². The number of aliphatic hydroxyl groups excluding tert-OH is 1. The van der Waals surface area contributed by atoms with Gasteiger partial charge in [0.25, 0.3) is 6.43 Å². The molecule has 1 aliphatic rings. The van der Waals surface area contributed by atoms with E-state index in [-0.39, 0.29) is 35.9 Å². The molecule has 3 aromatic heterocycles. The molecule has 4 heterocycles. The van der Waals surface area contributed by atoms with E-state index in [9.17, 15) is 18.3 Å². The predicted molar refractivity (Wildman–Crippen MR) is 134 cm³/mol. The molecule has 13 heteroatoms. The Bertz CT molecular complexity index is 1450. The summed E-state index contributed by atoms with van der Waals surface area (Å²) in [5, 5.41) is 10.4. The van der Waals surface area contributed by atoms with E-state index in [1.807, 2.05) is 4.90 Å². The molecule has 0 unspecified atom stereocenters. The Balaban J connectivity index is 1.58. The number of hydrogen-bond donors (Lipinski definition) is 3. The van der Waals surface area contributed by atoms with Crippen molar-refractivity contribution in [3.8, 4) is 11.3 Å². The van der Waals surface area contributed by atoms with Crippen LogP contribution in [0, 0.1) is 5.82 Å². The average Bonchev–Trinajstić information content (AvgIpc) is 3.27. The molecule has 5 rings (SSSR count). The van der Waals surface area contributed by atoms with Crippen molar-refractivity contribution in [2.24, 2.45) is 5.73 Å². The van der Waals surface area contributed by atoms with Gasteiger partial charge < -0.3 is 26.0 Å². The normalized spacial score (nSPS) is 19.1. The standard InChI is InChI=1S/C24H24ClF3N8O/c25-14-2-3-15(16(26)7-14)17-6-13(9-36-12-34-19-22(29)32-11-33-23(19)36)18(8-31-17)35-5-1-4-24(30,10-35)20(37)21(27)28/h2-3,6-8,11-12,20-21,37H,1,4-5,9-10,30H2,(H2,29,32,33)/t20-,24+/m0/s1. The van der Waals surface area contributed by atoms with Gasteiger partial charge in [-0.1, -0.05) is 11.6 Å². The van der Waals surface area contributed by atoms with Gasteiger partial charge in [0.2, 0.25) is 0 Å². The van der Waals surface area contributed by atoms with Crippen LogP contribution in [0.1, 0.15) is 18.4 Å². The number of imidazole rings is 1. The summed E-state index contributed by atoms with van der Waals surface area (Å²) in [7, 11) is 0. The third-order valence-corrected chi connectivity index (χ3v) is 6.90. The fourth-order valence-corrected chi connectivity index (χ4v) is 4.91. The van der Waals surface area contributed by atoms with E-state index in [1.54, 1.807) is 29.2 Å². The summed E-state index contributed by atoms with van der Waals surface area (Å²) in [6.07, 6.45) is 0.233. The highest BCUT2D eigenvalue weighted by atomic mass is 35.5. The molecule has 1 aromatic carbocycles. The Labute approximate surface area is 214 Å². The van der Waals surface area contributed by atoms with Gasteiger partial charge in [-0.3, -0.25) is 4.98 Å². The lowest BCUT2D eigenvalue weighted by Gasteiger charge is -2.44. The Morgan fingerprint density at radius 3 is 2.73 bits per heavy atom. The minimum Gasteiger partial charge on any atom is -0.385 e. The van der Waals surface area contributed by atoms with Gasteiger partial charge in [0.15, 0.2) is 11.5 Å². The molecule has 0 radical (unpaired) electrons. The average molecular weight is 533 g/mol. The lowest BCUT2D eigenvalue weighted by molar-refractivity contribution is -0.0529. The summed E-state index contributed by atoms with van der Waals surface area (Å²) < 4.78 is 43.2. The third-order valence-electron chi connectivity index (χ3n) is 6.67. The number of aliphatic hydroxyl groups is 1. The minimum absolute atomic E-state index is 0.0123. The Kier molecular flexibility index (Phi) is 6.65. The van der Waals surface area contributed by atoms with Gasteiger partial charge in [-0.15, -0.1) is 0 Å². The topological polar surface area (TPSA) is 132 Å². The first-order valence-electron chi connectivity index (χ1n) is 11.5. The Morgan fingerprint density at radius 2 is 1.97 bits per heavy atom. The fraction of sp³-hybridized carbons (Fsp3) is 0.333. The molecule has 5 N–H and O–H groups in total. The second-order valence-electron chi connectivity index (χ2n) is 9.16. The summed E-state index contributed by atoms with van der Waals surface area (Å²) >= 11 is 5.91. The minimum atomic E-state index is -2.97. The van der Waals surface area contributed by atoms with Crippen LogP contribution in [0.2, 0.25) is 5.02 Å². The van der Waals surface area contributed by atoms with Gasteiger partial charge in [0.05, 0.1) is 36.0 Å². The second-order valence-corrected chi connectivity index (χ2v) is 9.60. The highest BCUT2D eigenvalue weighted by molar-refractivity contribution is 6.30. The number of rotatable bonds is 6. The van der Waals surface area contributed by atoms with Crippen LogP contribution in [-0.2, 0) is 6.54 Å². The first kappa shape index (κ1) is 25.2. The van der Waals surface area contributed by atoms with Crippen LogP contribution in [0.25, 0.3) is 22.4 Å². The lowest BCUT2D eigenvalue weighted by Crippen LogP contribution is -2.63. The molecule has 194 valence electrons. The third kappa shape index (κ3) is 4.79. The molecular formula is C24H24ClF3N8O. The highest BCUT2D eigenvalue weighted by Gasteiger charge is 2.43. The molecule has 4 aromatic rings. The van der Waals surface area contributed by atoms with E-state index < -0.39 is 23.9 Å². The van der Waals surface area contributed by atoms with Gasteiger partial charge in [0.1, 0.15) is 23.8 Å².